The van der Waals surface area contributed by atoms with Crippen molar-refractivity contribution in [3.8, 4) is 0 Å². The minimum absolute atomic E-state index is 0.642. The second kappa shape index (κ2) is 2.87. The van der Waals surface area contributed by atoms with Gasteiger partial charge in [-0.05, 0) is 56.3 Å². The Morgan fingerprint density at radius 1 is 1.14 bits per heavy atom. The summed E-state index contributed by atoms with van der Waals surface area (Å²) in [4.78, 5) is 0. The lowest BCUT2D eigenvalue weighted by atomic mass is 9.66. The maximum Gasteiger partial charge on any atom is -0.00798 e. The molecule has 2 fully saturated rings. The average molecular weight is 190 g/mol. The Hall–Kier alpha value is -0.260. The summed E-state index contributed by atoms with van der Waals surface area (Å²) in [5.74, 6) is 2.03. The first-order valence-electron chi connectivity index (χ1n) is 6.43. The third-order valence-electron chi connectivity index (χ3n) is 5.43. The van der Waals surface area contributed by atoms with Gasteiger partial charge >= 0.3 is 0 Å². The van der Waals surface area contributed by atoms with E-state index in [2.05, 4.69) is 13.8 Å². The number of hydrogen-bond acceptors (Lipinski definition) is 0. The molecule has 0 aromatic heterocycles. The van der Waals surface area contributed by atoms with E-state index in [9.17, 15) is 0 Å². The van der Waals surface area contributed by atoms with Crippen LogP contribution >= 0.6 is 0 Å². The summed E-state index contributed by atoms with van der Waals surface area (Å²) in [6.45, 7) is 5.01. The zero-order valence-electron chi connectivity index (χ0n) is 9.60. The molecular weight excluding hydrogens is 168 g/mol. The van der Waals surface area contributed by atoms with Crippen LogP contribution in [0.4, 0.5) is 0 Å². The van der Waals surface area contributed by atoms with Gasteiger partial charge in [-0.3, -0.25) is 0 Å². The third-order valence-corrected chi connectivity index (χ3v) is 5.43. The highest BCUT2D eigenvalue weighted by Gasteiger charge is 2.51. The minimum atomic E-state index is 0.642. The highest BCUT2D eigenvalue weighted by Crippen LogP contribution is 2.62. The molecule has 0 saturated heterocycles. The van der Waals surface area contributed by atoms with Crippen molar-refractivity contribution in [3.05, 3.63) is 11.1 Å². The van der Waals surface area contributed by atoms with Gasteiger partial charge in [-0.25, -0.2) is 0 Å². The topological polar surface area (TPSA) is 0 Å². The van der Waals surface area contributed by atoms with E-state index in [1.54, 1.807) is 0 Å². The van der Waals surface area contributed by atoms with Gasteiger partial charge in [0.2, 0.25) is 0 Å². The summed E-state index contributed by atoms with van der Waals surface area (Å²) in [6.07, 6.45) is 10.4. The van der Waals surface area contributed by atoms with Crippen molar-refractivity contribution in [3.63, 3.8) is 0 Å². The van der Waals surface area contributed by atoms with Crippen LogP contribution in [-0.2, 0) is 0 Å². The van der Waals surface area contributed by atoms with Crippen LogP contribution in [0.1, 0.15) is 58.8 Å². The number of rotatable bonds is 0. The van der Waals surface area contributed by atoms with Crippen molar-refractivity contribution in [1.82, 2.24) is 0 Å². The van der Waals surface area contributed by atoms with E-state index in [4.69, 9.17) is 0 Å². The molecule has 0 aromatic rings. The summed E-state index contributed by atoms with van der Waals surface area (Å²) in [5, 5.41) is 0. The van der Waals surface area contributed by atoms with E-state index in [0.29, 0.717) is 5.41 Å². The summed E-state index contributed by atoms with van der Waals surface area (Å²) in [7, 11) is 0. The highest BCUT2D eigenvalue weighted by atomic mass is 14.6. The second-order valence-electron chi connectivity index (χ2n) is 5.93. The van der Waals surface area contributed by atoms with Crippen LogP contribution in [0, 0.1) is 17.3 Å². The van der Waals surface area contributed by atoms with Crippen molar-refractivity contribution in [2.75, 3.05) is 0 Å². The van der Waals surface area contributed by atoms with Crippen LogP contribution in [0.2, 0.25) is 0 Å². The Morgan fingerprint density at radius 3 is 2.86 bits per heavy atom. The van der Waals surface area contributed by atoms with Gasteiger partial charge in [0.1, 0.15) is 0 Å². The first-order chi connectivity index (χ1) is 6.73. The molecule has 0 N–H and O–H groups in total. The molecule has 0 spiro atoms. The van der Waals surface area contributed by atoms with Gasteiger partial charge in [-0.1, -0.05) is 30.9 Å². The van der Waals surface area contributed by atoms with Crippen molar-refractivity contribution in [1.29, 1.82) is 0 Å². The van der Waals surface area contributed by atoms with Gasteiger partial charge in [0.15, 0.2) is 0 Å². The summed E-state index contributed by atoms with van der Waals surface area (Å²) in [6, 6.07) is 0. The highest BCUT2D eigenvalue weighted by molar-refractivity contribution is 5.33. The Bertz CT molecular complexity index is 286. The Morgan fingerprint density at radius 2 is 2.00 bits per heavy atom. The SMILES string of the molecule is CC1=C2CCCC[C@@]2(C)[C@H]2CCC[C@@H]12. The van der Waals surface area contributed by atoms with E-state index >= 15 is 0 Å². The standard InChI is InChI=1S/C14H22/c1-10-11-6-5-8-13(11)14(2)9-4-3-7-12(10)14/h11,13H,3-9H2,1-2H3/t11-,13-,14+/m0/s1. The van der Waals surface area contributed by atoms with Crippen LogP contribution in [-0.4, -0.2) is 0 Å². The van der Waals surface area contributed by atoms with Gasteiger partial charge in [0.05, 0.1) is 0 Å². The smallest absolute Gasteiger partial charge is 0.00798 e. The van der Waals surface area contributed by atoms with E-state index in [1.165, 1.54) is 44.9 Å². The summed E-state index contributed by atoms with van der Waals surface area (Å²) >= 11 is 0. The zero-order valence-corrected chi connectivity index (χ0v) is 9.60. The molecule has 0 radical (unpaired) electrons. The number of fused-ring (bicyclic) bond motifs is 3. The van der Waals surface area contributed by atoms with E-state index in [1.807, 2.05) is 11.1 Å². The molecule has 0 aliphatic heterocycles. The van der Waals surface area contributed by atoms with Crippen molar-refractivity contribution in [2.24, 2.45) is 17.3 Å². The van der Waals surface area contributed by atoms with E-state index in [-0.39, 0.29) is 0 Å². The van der Waals surface area contributed by atoms with E-state index < -0.39 is 0 Å². The lowest BCUT2D eigenvalue weighted by Crippen LogP contribution is -2.28. The lowest BCUT2D eigenvalue weighted by molar-refractivity contribution is 0.190. The first kappa shape index (κ1) is 9.00. The fourth-order valence-electron chi connectivity index (χ4n) is 4.75. The van der Waals surface area contributed by atoms with Gasteiger partial charge in [0, 0.05) is 0 Å². The van der Waals surface area contributed by atoms with Gasteiger partial charge < -0.3 is 0 Å². The molecule has 0 unspecified atom stereocenters. The van der Waals surface area contributed by atoms with Crippen LogP contribution in [0.15, 0.2) is 11.1 Å². The first-order valence-corrected chi connectivity index (χ1v) is 6.43. The molecule has 14 heavy (non-hydrogen) atoms. The second-order valence-corrected chi connectivity index (χ2v) is 5.93. The van der Waals surface area contributed by atoms with Crippen LogP contribution in [0.25, 0.3) is 0 Å². The predicted octanol–water partition coefficient (Wildman–Crippen LogP) is 4.31. The lowest BCUT2D eigenvalue weighted by Gasteiger charge is -2.38. The molecule has 3 atom stereocenters. The molecule has 2 saturated carbocycles. The molecule has 0 heterocycles. The molecule has 0 aromatic carbocycles. The molecule has 78 valence electrons. The maximum atomic E-state index is 2.57. The molecule has 0 bridgehead atoms. The van der Waals surface area contributed by atoms with Crippen LogP contribution in [0.5, 0.6) is 0 Å². The molecule has 3 rings (SSSR count). The molecule has 0 nitrogen and oxygen atoms in total. The fraction of sp³-hybridized carbons (Fsp3) is 0.857. The monoisotopic (exact) mass is 190 g/mol. The number of hydrogen-bond donors (Lipinski definition) is 0. The van der Waals surface area contributed by atoms with E-state index in [0.717, 1.165) is 11.8 Å². The average Bonchev–Trinajstić information content (AvgIpc) is 2.72. The molecule has 3 aliphatic carbocycles. The molecule has 0 amide bonds. The Kier molecular flexibility index (Phi) is 1.84. The summed E-state index contributed by atoms with van der Waals surface area (Å²) < 4.78 is 0. The quantitative estimate of drug-likeness (QED) is 0.499. The van der Waals surface area contributed by atoms with Crippen LogP contribution in [0.3, 0.4) is 0 Å². The van der Waals surface area contributed by atoms with Gasteiger partial charge in [0.25, 0.3) is 0 Å². The third kappa shape index (κ3) is 0.951. The minimum Gasteiger partial charge on any atom is -0.0701 e. The van der Waals surface area contributed by atoms with Crippen molar-refractivity contribution < 1.29 is 0 Å². The largest absolute Gasteiger partial charge is 0.0701 e. The Labute approximate surface area is 87.8 Å². The van der Waals surface area contributed by atoms with Crippen molar-refractivity contribution >= 4 is 0 Å². The predicted molar refractivity (Wildman–Crippen MR) is 60.1 cm³/mol. The van der Waals surface area contributed by atoms with Crippen LogP contribution < -0.4 is 0 Å². The normalized spacial score (nSPS) is 46.7. The maximum absolute atomic E-state index is 2.57. The van der Waals surface area contributed by atoms with Crippen molar-refractivity contribution in [2.45, 2.75) is 58.8 Å². The zero-order chi connectivity index (χ0) is 9.76. The number of allylic oxidation sites excluding steroid dienone is 2. The molecule has 0 heteroatoms. The summed E-state index contributed by atoms with van der Waals surface area (Å²) in [5.41, 5.74) is 4.34. The fourth-order valence-corrected chi connectivity index (χ4v) is 4.75. The van der Waals surface area contributed by atoms with Gasteiger partial charge in [-0.15, -0.1) is 0 Å². The Balaban J connectivity index is 2.04. The molecule has 3 aliphatic rings. The molecular formula is C14H22. The van der Waals surface area contributed by atoms with Gasteiger partial charge in [-0.2, -0.15) is 0 Å².